The first-order valence-corrected chi connectivity index (χ1v) is 7.09. The molecule has 0 aliphatic carbocycles. The molecule has 2 rings (SSSR count). The van der Waals surface area contributed by atoms with Gasteiger partial charge in [-0.05, 0) is 55.1 Å². The van der Waals surface area contributed by atoms with E-state index in [1.807, 2.05) is 43.3 Å². The zero-order valence-electron chi connectivity index (χ0n) is 10.6. The summed E-state index contributed by atoms with van der Waals surface area (Å²) in [6, 6.07) is 16.0. The molecule has 0 spiro atoms. The Bertz CT molecular complexity index is 491. The van der Waals surface area contributed by atoms with Crippen LogP contribution in [-0.2, 0) is 0 Å². The fourth-order valence-corrected chi connectivity index (χ4v) is 2.03. The SMILES string of the molecule is CSc1ccc(Oc2ccc(C(C)N)cc2)cc1. The average Bonchev–Trinajstić information content (AvgIpc) is 2.40. The smallest absolute Gasteiger partial charge is 0.127 e. The maximum absolute atomic E-state index is 5.81. The third kappa shape index (κ3) is 3.28. The fourth-order valence-electron chi connectivity index (χ4n) is 1.62. The van der Waals surface area contributed by atoms with Crippen molar-refractivity contribution in [1.82, 2.24) is 0 Å². The van der Waals surface area contributed by atoms with E-state index in [0.717, 1.165) is 17.1 Å². The number of rotatable bonds is 4. The molecule has 2 N–H and O–H groups in total. The monoisotopic (exact) mass is 259 g/mol. The topological polar surface area (TPSA) is 35.2 Å². The Kier molecular flexibility index (Phi) is 4.28. The van der Waals surface area contributed by atoms with Gasteiger partial charge in [0.1, 0.15) is 11.5 Å². The van der Waals surface area contributed by atoms with Gasteiger partial charge in [-0.25, -0.2) is 0 Å². The first kappa shape index (κ1) is 13.0. The van der Waals surface area contributed by atoms with Gasteiger partial charge in [0.2, 0.25) is 0 Å². The summed E-state index contributed by atoms with van der Waals surface area (Å²) in [5, 5.41) is 0. The van der Waals surface area contributed by atoms with Gasteiger partial charge in [-0.1, -0.05) is 12.1 Å². The van der Waals surface area contributed by atoms with Crippen molar-refractivity contribution in [2.75, 3.05) is 6.26 Å². The average molecular weight is 259 g/mol. The van der Waals surface area contributed by atoms with Crippen LogP contribution in [0.4, 0.5) is 0 Å². The quantitative estimate of drug-likeness (QED) is 0.835. The van der Waals surface area contributed by atoms with Crippen molar-refractivity contribution in [3.05, 3.63) is 54.1 Å². The Hall–Kier alpha value is -1.45. The molecule has 0 saturated carbocycles. The molecule has 3 heteroatoms. The van der Waals surface area contributed by atoms with E-state index in [4.69, 9.17) is 10.5 Å². The number of hydrogen-bond donors (Lipinski definition) is 1. The number of ether oxygens (including phenoxy) is 1. The van der Waals surface area contributed by atoms with Crippen LogP contribution in [0.15, 0.2) is 53.4 Å². The van der Waals surface area contributed by atoms with Crippen LogP contribution >= 0.6 is 11.8 Å². The van der Waals surface area contributed by atoms with Crippen molar-refractivity contribution >= 4 is 11.8 Å². The molecule has 0 aliphatic heterocycles. The van der Waals surface area contributed by atoms with Crippen molar-refractivity contribution in [3.63, 3.8) is 0 Å². The first-order valence-electron chi connectivity index (χ1n) is 5.86. The lowest BCUT2D eigenvalue weighted by atomic mass is 10.1. The second-order valence-electron chi connectivity index (χ2n) is 4.14. The molecule has 0 amide bonds. The molecule has 18 heavy (non-hydrogen) atoms. The largest absolute Gasteiger partial charge is 0.457 e. The number of thioether (sulfide) groups is 1. The maximum atomic E-state index is 5.81. The van der Waals surface area contributed by atoms with Crippen molar-refractivity contribution in [2.24, 2.45) is 5.73 Å². The van der Waals surface area contributed by atoms with Crippen LogP contribution in [0.3, 0.4) is 0 Å². The summed E-state index contributed by atoms with van der Waals surface area (Å²) in [6.07, 6.45) is 2.06. The fraction of sp³-hybridized carbons (Fsp3) is 0.200. The van der Waals surface area contributed by atoms with E-state index in [9.17, 15) is 0 Å². The minimum atomic E-state index is 0.0555. The molecule has 2 aromatic carbocycles. The van der Waals surface area contributed by atoms with Crippen LogP contribution in [0.1, 0.15) is 18.5 Å². The Balaban J connectivity index is 2.08. The Labute approximate surface area is 112 Å². The predicted molar refractivity (Wildman–Crippen MR) is 77.3 cm³/mol. The molecule has 0 aromatic heterocycles. The van der Waals surface area contributed by atoms with Crippen LogP contribution in [0, 0.1) is 0 Å². The molecule has 0 bridgehead atoms. The molecule has 0 aliphatic rings. The lowest BCUT2D eigenvalue weighted by Gasteiger charge is -2.09. The first-order chi connectivity index (χ1) is 8.69. The van der Waals surface area contributed by atoms with E-state index in [2.05, 4.69) is 18.4 Å². The summed E-state index contributed by atoms with van der Waals surface area (Å²) in [6.45, 7) is 1.97. The van der Waals surface area contributed by atoms with Crippen molar-refractivity contribution < 1.29 is 4.74 Å². The second kappa shape index (κ2) is 5.94. The molecule has 0 saturated heterocycles. The summed E-state index contributed by atoms with van der Waals surface area (Å²) in [4.78, 5) is 1.23. The van der Waals surface area contributed by atoms with E-state index >= 15 is 0 Å². The third-order valence-corrected chi connectivity index (χ3v) is 3.44. The van der Waals surface area contributed by atoms with E-state index in [-0.39, 0.29) is 6.04 Å². The summed E-state index contributed by atoms with van der Waals surface area (Å²) >= 11 is 1.72. The minimum absolute atomic E-state index is 0.0555. The van der Waals surface area contributed by atoms with Gasteiger partial charge >= 0.3 is 0 Å². The molecule has 94 valence electrons. The molecule has 0 radical (unpaired) electrons. The van der Waals surface area contributed by atoms with Crippen molar-refractivity contribution in [1.29, 1.82) is 0 Å². The number of nitrogens with two attached hydrogens (primary N) is 1. The Morgan fingerprint density at radius 3 is 1.89 bits per heavy atom. The van der Waals surface area contributed by atoms with Gasteiger partial charge in [0.15, 0.2) is 0 Å². The minimum Gasteiger partial charge on any atom is -0.457 e. The highest BCUT2D eigenvalue weighted by Gasteiger charge is 2.01. The second-order valence-corrected chi connectivity index (χ2v) is 5.01. The van der Waals surface area contributed by atoms with Gasteiger partial charge in [0.25, 0.3) is 0 Å². The molecule has 1 unspecified atom stereocenters. The van der Waals surface area contributed by atoms with Gasteiger partial charge in [0, 0.05) is 10.9 Å². The van der Waals surface area contributed by atoms with Crippen LogP contribution < -0.4 is 10.5 Å². The lowest BCUT2D eigenvalue weighted by Crippen LogP contribution is -2.04. The summed E-state index contributed by atoms with van der Waals surface area (Å²) in [7, 11) is 0. The predicted octanol–water partition coefficient (Wildman–Crippen LogP) is 4.22. The van der Waals surface area contributed by atoms with Gasteiger partial charge in [-0.2, -0.15) is 0 Å². The van der Waals surface area contributed by atoms with E-state index in [1.54, 1.807) is 11.8 Å². The molecule has 1 atom stereocenters. The lowest BCUT2D eigenvalue weighted by molar-refractivity contribution is 0.482. The zero-order chi connectivity index (χ0) is 13.0. The number of hydrogen-bond acceptors (Lipinski definition) is 3. The molecule has 2 nitrogen and oxygen atoms in total. The van der Waals surface area contributed by atoms with E-state index in [1.165, 1.54) is 4.90 Å². The summed E-state index contributed by atoms with van der Waals surface area (Å²) < 4.78 is 5.76. The van der Waals surface area contributed by atoms with Gasteiger partial charge in [0.05, 0.1) is 0 Å². The van der Waals surface area contributed by atoms with Crippen molar-refractivity contribution in [2.45, 2.75) is 17.9 Å². The highest BCUT2D eigenvalue weighted by atomic mass is 32.2. The Morgan fingerprint density at radius 1 is 0.944 bits per heavy atom. The van der Waals surface area contributed by atoms with Gasteiger partial charge in [-0.15, -0.1) is 11.8 Å². The molecule has 2 aromatic rings. The molecule has 0 fully saturated rings. The number of benzene rings is 2. The van der Waals surface area contributed by atoms with E-state index < -0.39 is 0 Å². The zero-order valence-corrected chi connectivity index (χ0v) is 11.4. The highest BCUT2D eigenvalue weighted by molar-refractivity contribution is 7.98. The maximum Gasteiger partial charge on any atom is 0.127 e. The summed E-state index contributed by atoms with van der Waals surface area (Å²) in [5.41, 5.74) is 6.92. The normalized spacial score (nSPS) is 12.2. The van der Waals surface area contributed by atoms with Gasteiger partial charge < -0.3 is 10.5 Å². The van der Waals surface area contributed by atoms with E-state index in [0.29, 0.717) is 0 Å². The van der Waals surface area contributed by atoms with Crippen LogP contribution in [0.25, 0.3) is 0 Å². The summed E-state index contributed by atoms with van der Waals surface area (Å²) in [5.74, 6) is 1.68. The van der Waals surface area contributed by atoms with Crippen LogP contribution in [0.5, 0.6) is 11.5 Å². The van der Waals surface area contributed by atoms with Gasteiger partial charge in [-0.3, -0.25) is 0 Å². The Morgan fingerprint density at radius 2 is 1.44 bits per heavy atom. The molecule has 0 heterocycles. The van der Waals surface area contributed by atoms with Crippen LogP contribution in [-0.4, -0.2) is 6.26 Å². The molecular weight excluding hydrogens is 242 g/mol. The third-order valence-electron chi connectivity index (χ3n) is 2.70. The van der Waals surface area contributed by atoms with Crippen molar-refractivity contribution in [3.8, 4) is 11.5 Å². The van der Waals surface area contributed by atoms with Crippen LogP contribution in [0.2, 0.25) is 0 Å². The molecular formula is C15H17NOS. The standard InChI is InChI=1S/C15H17NOS/c1-11(16)12-3-5-13(6-4-12)17-14-7-9-15(18-2)10-8-14/h3-11H,16H2,1-2H3. The highest BCUT2D eigenvalue weighted by Crippen LogP contribution is 2.25.